The van der Waals surface area contributed by atoms with E-state index in [9.17, 15) is 4.79 Å². The van der Waals surface area contributed by atoms with Crippen LogP contribution in [0.15, 0.2) is 6.20 Å². The monoisotopic (exact) mass is 347 g/mol. The van der Waals surface area contributed by atoms with Gasteiger partial charge >= 0.3 is 0 Å². The van der Waals surface area contributed by atoms with E-state index in [4.69, 9.17) is 9.47 Å². The van der Waals surface area contributed by atoms with Gasteiger partial charge in [0.05, 0.1) is 12.7 Å². The number of aromatic nitrogens is 3. The van der Waals surface area contributed by atoms with Gasteiger partial charge in [0.25, 0.3) is 5.91 Å². The molecule has 0 saturated carbocycles. The summed E-state index contributed by atoms with van der Waals surface area (Å²) < 4.78 is 12.5. The number of carbonyl (C=O) groups excluding carboxylic acids is 1. The van der Waals surface area contributed by atoms with E-state index >= 15 is 0 Å². The zero-order valence-corrected chi connectivity index (χ0v) is 14.7. The Morgan fingerprint density at radius 2 is 2.13 bits per heavy atom. The molecule has 0 spiro atoms. The predicted octanol–water partition coefficient (Wildman–Crippen LogP) is 0.533. The summed E-state index contributed by atoms with van der Waals surface area (Å²) in [7, 11) is 0. The molecule has 2 rings (SSSR count). The molecule has 1 aliphatic heterocycles. The van der Waals surface area contributed by atoms with Crippen LogP contribution in [-0.4, -0.2) is 71.0 Å². The first-order valence-electron chi connectivity index (χ1n) is 7.80. The smallest absolute Gasteiger partial charge is 0.276 e. The highest BCUT2D eigenvalue weighted by Gasteiger charge is 2.24. The summed E-state index contributed by atoms with van der Waals surface area (Å²) in [5.41, 5.74) is 0.362. The zero-order valence-electron chi connectivity index (χ0n) is 13.9. The van der Waals surface area contributed by atoms with Crippen molar-refractivity contribution in [3.8, 4) is 0 Å². The Labute approximate surface area is 142 Å². The lowest BCUT2D eigenvalue weighted by Crippen LogP contribution is -2.51. The van der Waals surface area contributed by atoms with Crippen LogP contribution in [0.5, 0.6) is 0 Å². The Balaban J connectivity index is 0.00000264. The Hall–Kier alpha value is -1.22. The first-order valence-corrected chi connectivity index (χ1v) is 7.80. The zero-order chi connectivity index (χ0) is 15.9. The molecule has 1 saturated heterocycles. The molecule has 1 amide bonds. The molecule has 0 unspecified atom stereocenters. The number of rotatable bonds is 7. The second-order valence-corrected chi connectivity index (χ2v) is 5.27. The number of piperazine rings is 1. The van der Waals surface area contributed by atoms with Gasteiger partial charge in [0.2, 0.25) is 0 Å². The molecule has 0 aliphatic carbocycles. The van der Waals surface area contributed by atoms with Gasteiger partial charge in [0, 0.05) is 38.9 Å². The molecule has 8 nitrogen and oxygen atoms in total. The van der Waals surface area contributed by atoms with Crippen LogP contribution < -0.4 is 5.32 Å². The largest absolute Gasteiger partial charge is 0.351 e. The van der Waals surface area contributed by atoms with Crippen LogP contribution in [0.4, 0.5) is 0 Å². The SMILES string of the molecule is CCOC(Cn1cc(C(=O)N2CCN[C@H](C)C2)nn1)OCC.Cl. The second kappa shape index (κ2) is 9.82. The quantitative estimate of drug-likeness (QED) is 0.725. The number of nitrogens with one attached hydrogen (secondary N) is 1. The number of nitrogens with zero attached hydrogens (tertiary/aromatic N) is 4. The van der Waals surface area contributed by atoms with Gasteiger partial charge in [-0.1, -0.05) is 5.21 Å². The van der Waals surface area contributed by atoms with Crippen molar-refractivity contribution in [1.82, 2.24) is 25.2 Å². The number of hydrogen-bond acceptors (Lipinski definition) is 6. The standard InChI is InChI=1S/C14H25N5O3.ClH/c1-4-21-13(22-5-2)10-19-9-12(16-17-19)14(20)18-7-6-15-11(3)8-18;/h9,11,13,15H,4-8,10H2,1-3H3;1H/t11-;/m1./s1. The highest BCUT2D eigenvalue weighted by atomic mass is 35.5. The average Bonchev–Trinajstić information content (AvgIpc) is 2.95. The summed E-state index contributed by atoms with van der Waals surface area (Å²) in [6.45, 7) is 9.60. The average molecular weight is 348 g/mol. The summed E-state index contributed by atoms with van der Waals surface area (Å²) >= 11 is 0. The van der Waals surface area contributed by atoms with Crippen molar-refractivity contribution in [3.05, 3.63) is 11.9 Å². The van der Waals surface area contributed by atoms with Gasteiger partial charge in [-0.25, -0.2) is 4.68 Å². The molecule has 1 aromatic heterocycles. The lowest BCUT2D eigenvalue weighted by atomic mass is 10.2. The Morgan fingerprint density at radius 1 is 1.43 bits per heavy atom. The van der Waals surface area contributed by atoms with Crippen LogP contribution in [-0.2, 0) is 16.0 Å². The molecule has 23 heavy (non-hydrogen) atoms. The third-order valence-electron chi connectivity index (χ3n) is 3.45. The number of halogens is 1. The van der Waals surface area contributed by atoms with Gasteiger partial charge in [-0.2, -0.15) is 0 Å². The van der Waals surface area contributed by atoms with Crippen molar-refractivity contribution >= 4 is 18.3 Å². The fraction of sp³-hybridized carbons (Fsp3) is 0.786. The second-order valence-electron chi connectivity index (χ2n) is 5.27. The van der Waals surface area contributed by atoms with Crippen LogP contribution in [0.2, 0.25) is 0 Å². The van der Waals surface area contributed by atoms with Gasteiger partial charge in [-0.05, 0) is 20.8 Å². The molecule has 0 aromatic carbocycles. The van der Waals surface area contributed by atoms with Crippen molar-refractivity contribution in [2.45, 2.75) is 39.6 Å². The van der Waals surface area contributed by atoms with Gasteiger partial charge in [-0.15, -0.1) is 17.5 Å². The lowest BCUT2D eigenvalue weighted by molar-refractivity contribution is -0.145. The van der Waals surface area contributed by atoms with Gasteiger partial charge in [0.15, 0.2) is 12.0 Å². The molecule has 1 aliphatic rings. The maximum atomic E-state index is 12.4. The summed E-state index contributed by atoms with van der Waals surface area (Å²) in [6, 6.07) is 0.299. The fourth-order valence-electron chi connectivity index (χ4n) is 2.44. The maximum absolute atomic E-state index is 12.4. The minimum atomic E-state index is -0.376. The molecule has 0 radical (unpaired) electrons. The van der Waals surface area contributed by atoms with Crippen LogP contribution in [0, 0.1) is 0 Å². The summed E-state index contributed by atoms with van der Waals surface area (Å²) in [5, 5.41) is 11.3. The maximum Gasteiger partial charge on any atom is 0.276 e. The number of ether oxygens (including phenoxy) is 2. The van der Waals surface area contributed by atoms with Crippen molar-refractivity contribution in [2.24, 2.45) is 0 Å². The molecular weight excluding hydrogens is 322 g/mol. The number of amides is 1. The van der Waals surface area contributed by atoms with E-state index < -0.39 is 0 Å². The Morgan fingerprint density at radius 3 is 2.74 bits per heavy atom. The normalized spacial score (nSPS) is 18.1. The molecular formula is C14H26ClN5O3. The fourth-order valence-corrected chi connectivity index (χ4v) is 2.44. The van der Waals surface area contributed by atoms with Crippen LogP contribution in [0.3, 0.4) is 0 Å². The minimum Gasteiger partial charge on any atom is -0.351 e. The molecule has 0 bridgehead atoms. The third kappa shape index (κ3) is 5.72. The minimum absolute atomic E-state index is 0. The van der Waals surface area contributed by atoms with Crippen molar-refractivity contribution < 1.29 is 14.3 Å². The lowest BCUT2D eigenvalue weighted by Gasteiger charge is -2.31. The van der Waals surface area contributed by atoms with E-state index in [1.165, 1.54) is 0 Å². The van der Waals surface area contributed by atoms with E-state index in [0.29, 0.717) is 44.6 Å². The highest BCUT2D eigenvalue weighted by Crippen LogP contribution is 2.06. The van der Waals surface area contributed by atoms with Gasteiger partial charge in [-0.3, -0.25) is 4.79 Å². The van der Waals surface area contributed by atoms with Crippen LogP contribution >= 0.6 is 12.4 Å². The summed E-state index contributed by atoms with van der Waals surface area (Å²) in [4.78, 5) is 14.2. The molecule has 9 heteroatoms. The first-order chi connectivity index (χ1) is 10.6. The van der Waals surface area contributed by atoms with E-state index in [-0.39, 0.29) is 24.6 Å². The highest BCUT2D eigenvalue weighted by molar-refractivity contribution is 5.92. The van der Waals surface area contributed by atoms with Crippen LogP contribution in [0.25, 0.3) is 0 Å². The van der Waals surface area contributed by atoms with E-state index in [1.54, 1.807) is 15.8 Å². The van der Waals surface area contributed by atoms with E-state index in [1.807, 2.05) is 13.8 Å². The van der Waals surface area contributed by atoms with Crippen molar-refractivity contribution in [1.29, 1.82) is 0 Å². The predicted molar refractivity (Wildman–Crippen MR) is 87.7 cm³/mol. The van der Waals surface area contributed by atoms with Gasteiger partial charge < -0.3 is 19.7 Å². The third-order valence-corrected chi connectivity index (χ3v) is 3.45. The van der Waals surface area contributed by atoms with Crippen molar-refractivity contribution in [3.63, 3.8) is 0 Å². The number of hydrogen-bond donors (Lipinski definition) is 1. The molecule has 1 fully saturated rings. The van der Waals surface area contributed by atoms with E-state index in [0.717, 1.165) is 6.54 Å². The molecule has 1 atom stereocenters. The van der Waals surface area contributed by atoms with E-state index in [2.05, 4.69) is 22.6 Å². The summed E-state index contributed by atoms with van der Waals surface area (Å²) in [5.74, 6) is -0.0797. The van der Waals surface area contributed by atoms with Gasteiger partial charge in [0.1, 0.15) is 0 Å². The molecule has 1 N–H and O–H groups in total. The molecule has 1 aromatic rings. The molecule has 132 valence electrons. The molecule has 2 heterocycles. The Kier molecular flexibility index (Phi) is 8.46. The summed E-state index contributed by atoms with van der Waals surface area (Å²) in [6.07, 6.45) is 1.28. The Bertz CT molecular complexity index is 479. The van der Waals surface area contributed by atoms with Crippen LogP contribution in [0.1, 0.15) is 31.3 Å². The number of carbonyl (C=O) groups is 1. The van der Waals surface area contributed by atoms with Crippen molar-refractivity contribution in [2.75, 3.05) is 32.8 Å². The topological polar surface area (TPSA) is 81.5 Å². The first kappa shape index (κ1) is 19.8.